The molecule has 96 valence electrons. The molecule has 1 aromatic carbocycles. The van der Waals surface area contributed by atoms with E-state index < -0.39 is 0 Å². The predicted octanol–water partition coefficient (Wildman–Crippen LogP) is 5.20. The van der Waals surface area contributed by atoms with Gasteiger partial charge in [0.15, 0.2) is 0 Å². The van der Waals surface area contributed by atoms with Crippen LogP contribution in [0.5, 0.6) is 0 Å². The maximum absolute atomic E-state index is 3.60. The van der Waals surface area contributed by atoms with Crippen LogP contribution < -0.4 is 5.32 Å². The van der Waals surface area contributed by atoms with E-state index in [1.54, 1.807) is 0 Å². The zero-order chi connectivity index (χ0) is 13.3. The van der Waals surface area contributed by atoms with Crippen LogP contribution in [-0.2, 0) is 0 Å². The quantitative estimate of drug-likeness (QED) is 0.761. The topological polar surface area (TPSA) is 12.0 Å². The standard InChI is InChI=1S/C14H15Br2NS/c1-8-4-5-10(6-11(8)15)14(17-3)13-7-12(16)9(2)18-13/h4-7,14,17H,1-3H3. The molecule has 0 aliphatic carbocycles. The molecular weight excluding hydrogens is 374 g/mol. The molecule has 0 saturated heterocycles. The van der Waals surface area contributed by atoms with Crippen molar-refractivity contribution in [2.24, 2.45) is 0 Å². The fourth-order valence-electron chi connectivity index (χ4n) is 1.89. The molecule has 2 rings (SSSR count). The minimum atomic E-state index is 0.247. The van der Waals surface area contributed by atoms with Crippen molar-refractivity contribution in [1.29, 1.82) is 0 Å². The van der Waals surface area contributed by atoms with E-state index in [9.17, 15) is 0 Å². The van der Waals surface area contributed by atoms with Gasteiger partial charge in [-0.1, -0.05) is 28.1 Å². The Morgan fingerprint density at radius 1 is 1.11 bits per heavy atom. The smallest absolute Gasteiger partial charge is 0.0669 e. The number of nitrogens with one attached hydrogen (secondary N) is 1. The number of hydrogen-bond donors (Lipinski definition) is 1. The molecule has 0 amide bonds. The first kappa shape index (κ1) is 14.3. The van der Waals surface area contributed by atoms with Crippen LogP contribution in [0.4, 0.5) is 0 Å². The molecule has 1 heterocycles. The van der Waals surface area contributed by atoms with Gasteiger partial charge in [-0.2, -0.15) is 0 Å². The summed E-state index contributed by atoms with van der Waals surface area (Å²) in [5, 5.41) is 3.39. The molecule has 0 aliphatic heterocycles. The van der Waals surface area contributed by atoms with E-state index in [1.165, 1.54) is 25.4 Å². The number of thiophene rings is 1. The number of halogens is 2. The van der Waals surface area contributed by atoms with E-state index in [1.807, 2.05) is 18.4 Å². The average molecular weight is 389 g/mol. The van der Waals surface area contributed by atoms with Crippen LogP contribution in [0.1, 0.15) is 26.9 Å². The van der Waals surface area contributed by atoms with E-state index in [4.69, 9.17) is 0 Å². The highest BCUT2D eigenvalue weighted by atomic mass is 79.9. The van der Waals surface area contributed by atoms with E-state index in [0.717, 1.165) is 4.47 Å². The van der Waals surface area contributed by atoms with Crippen LogP contribution in [0.3, 0.4) is 0 Å². The van der Waals surface area contributed by atoms with Crippen molar-refractivity contribution in [2.45, 2.75) is 19.9 Å². The highest BCUT2D eigenvalue weighted by Crippen LogP contribution is 2.34. The Kier molecular flexibility index (Phi) is 4.64. The maximum atomic E-state index is 3.60. The fraction of sp³-hybridized carbons (Fsp3) is 0.286. The molecule has 18 heavy (non-hydrogen) atoms. The predicted molar refractivity (Wildman–Crippen MR) is 86.5 cm³/mol. The molecule has 0 radical (unpaired) electrons. The summed E-state index contributed by atoms with van der Waals surface area (Å²) in [5.41, 5.74) is 2.54. The van der Waals surface area contributed by atoms with Crippen LogP contribution in [0.2, 0.25) is 0 Å². The normalized spacial score (nSPS) is 12.7. The van der Waals surface area contributed by atoms with Gasteiger partial charge in [-0.05, 0) is 60.1 Å². The molecule has 2 aromatic rings. The van der Waals surface area contributed by atoms with Crippen LogP contribution in [-0.4, -0.2) is 7.05 Å². The molecule has 0 fully saturated rings. The summed E-state index contributed by atoms with van der Waals surface area (Å²) < 4.78 is 2.35. The summed E-state index contributed by atoms with van der Waals surface area (Å²) in [6, 6.07) is 8.98. The summed E-state index contributed by atoms with van der Waals surface area (Å²) in [4.78, 5) is 2.65. The minimum absolute atomic E-state index is 0.247. The molecule has 1 aromatic heterocycles. The Morgan fingerprint density at radius 3 is 2.33 bits per heavy atom. The van der Waals surface area contributed by atoms with Crippen LogP contribution in [0.25, 0.3) is 0 Å². The lowest BCUT2D eigenvalue weighted by molar-refractivity contribution is 0.703. The second-order valence-electron chi connectivity index (χ2n) is 4.28. The summed E-state index contributed by atoms with van der Waals surface area (Å²) in [5.74, 6) is 0. The third-order valence-corrected chi connectivity index (χ3v) is 6.03. The molecule has 4 heteroatoms. The summed E-state index contributed by atoms with van der Waals surface area (Å²) in [7, 11) is 2.00. The lowest BCUT2D eigenvalue weighted by atomic mass is 10.0. The maximum Gasteiger partial charge on any atom is 0.0669 e. The first-order valence-corrected chi connectivity index (χ1v) is 8.12. The largest absolute Gasteiger partial charge is 0.309 e. The molecule has 0 spiro atoms. The van der Waals surface area contributed by atoms with E-state index in [2.05, 4.69) is 75.3 Å². The van der Waals surface area contributed by atoms with Gasteiger partial charge in [0.1, 0.15) is 0 Å². The lowest BCUT2D eigenvalue weighted by Crippen LogP contribution is -2.16. The minimum Gasteiger partial charge on any atom is -0.309 e. The number of hydrogen-bond acceptors (Lipinski definition) is 2. The van der Waals surface area contributed by atoms with Gasteiger partial charge in [0, 0.05) is 18.7 Å². The Labute approximate surface area is 129 Å². The molecular formula is C14H15Br2NS. The lowest BCUT2D eigenvalue weighted by Gasteiger charge is -2.16. The zero-order valence-corrected chi connectivity index (χ0v) is 14.5. The van der Waals surface area contributed by atoms with Gasteiger partial charge in [-0.15, -0.1) is 11.3 Å². The Morgan fingerprint density at radius 2 is 1.83 bits per heavy atom. The molecule has 1 atom stereocenters. The molecule has 0 saturated carbocycles. The number of benzene rings is 1. The van der Waals surface area contributed by atoms with Crippen molar-refractivity contribution in [2.75, 3.05) is 7.05 Å². The highest BCUT2D eigenvalue weighted by Gasteiger charge is 2.16. The van der Waals surface area contributed by atoms with Gasteiger partial charge < -0.3 is 5.32 Å². The molecule has 0 bridgehead atoms. The second kappa shape index (κ2) is 5.87. The van der Waals surface area contributed by atoms with E-state index >= 15 is 0 Å². The van der Waals surface area contributed by atoms with Gasteiger partial charge >= 0.3 is 0 Å². The molecule has 1 unspecified atom stereocenters. The van der Waals surface area contributed by atoms with Crippen LogP contribution in [0.15, 0.2) is 33.2 Å². The molecule has 0 aliphatic rings. The van der Waals surface area contributed by atoms with Gasteiger partial charge in [0.05, 0.1) is 6.04 Å². The Hall–Kier alpha value is -0.160. The van der Waals surface area contributed by atoms with Crippen LogP contribution in [0, 0.1) is 13.8 Å². The first-order valence-electron chi connectivity index (χ1n) is 5.72. The number of rotatable bonds is 3. The summed E-state index contributed by atoms with van der Waals surface area (Å²) >= 11 is 9.01. The Bertz CT molecular complexity index is 543. The average Bonchev–Trinajstić information content (AvgIpc) is 2.65. The van der Waals surface area contributed by atoms with Crippen molar-refractivity contribution >= 4 is 43.2 Å². The van der Waals surface area contributed by atoms with E-state index in [-0.39, 0.29) is 6.04 Å². The zero-order valence-electron chi connectivity index (χ0n) is 10.6. The summed E-state index contributed by atoms with van der Waals surface area (Å²) in [6.07, 6.45) is 0. The monoisotopic (exact) mass is 387 g/mol. The summed E-state index contributed by atoms with van der Waals surface area (Å²) in [6.45, 7) is 4.24. The highest BCUT2D eigenvalue weighted by molar-refractivity contribution is 9.10. The molecule has 1 N–H and O–H groups in total. The second-order valence-corrected chi connectivity index (χ2v) is 7.28. The Balaban J connectivity index is 2.41. The SMILES string of the molecule is CNC(c1ccc(C)c(Br)c1)c1cc(Br)c(C)s1. The molecule has 1 nitrogen and oxygen atoms in total. The van der Waals surface area contributed by atoms with E-state index in [0.29, 0.717) is 0 Å². The van der Waals surface area contributed by atoms with Gasteiger partial charge in [-0.3, -0.25) is 0 Å². The first-order chi connectivity index (χ1) is 8.52. The third-order valence-electron chi connectivity index (χ3n) is 2.98. The van der Waals surface area contributed by atoms with Gasteiger partial charge in [-0.25, -0.2) is 0 Å². The van der Waals surface area contributed by atoms with Gasteiger partial charge in [0.25, 0.3) is 0 Å². The van der Waals surface area contributed by atoms with Crippen molar-refractivity contribution in [3.8, 4) is 0 Å². The third kappa shape index (κ3) is 2.87. The van der Waals surface area contributed by atoms with Crippen LogP contribution >= 0.6 is 43.2 Å². The number of aryl methyl sites for hydroxylation is 2. The van der Waals surface area contributed by atoms with Crippen molar-refractivity contribution in [3.63, 3.8) is 0 Å². The van der Waals surface area contributed by atoms with Crippen molar-refractivity contribution in [3.05, 3.63) is 54.1 Å². The van der Waals surface area contributed by atoms with Crippen molar-refractivity contribution in [1.82, 2.24) is 5.32 Å². The van der Waals surface area contributed by atoms with Crippen molar-refractivity contribution < 1.29 is 0 Å². The van der Waals surface area contributed by atoms with Gasteiger partial charge in [0.2, 0.25) is 0 Å². The fourth-order valence-corrected chi connectivity index (χ4v) is 3.98.